The zero-order valence-corrected chi connectivity index (χ0v) is 17.0. The Bertz CT molecular complexity index is 301. The van der Waals surface area contributed by atoms with Crippen LogP contribution in [0.1, 0.15) is 92.4 Å². The van der Waals surface area contributed by atoms with Gasteiger partial charge in [-0.1, -0.05) is 52.4 Å². The molecule has 24 heavy (non-hydrogen) atoms. The van der Waals surface area contributed by atoms with Gasteiger partial charge in [-0.3, -0.25) is 0 Å². The van der Waals surface area contributed by atoms with Crippen molar-refractivity contribution in [3.05, 3.63) is 0 Å². The Morgan fingerprint density at radius 2 is 1.50 bits per heavy atom. The van der Waals surface area contributed by atoms with Crippen LogP contribution >= 0.6 is 0 Å². The maximum atomic E-state index is 6.12. The lowest BCUT2D eigenvalue weighted by Gasteiger charge is -2.47. The minimum absolute atomic E-state index is 0.350. The molecule has 0 amide bonds. The van der Waals surface area contributed by atoms with E-state index in [-0.39, 0.29) is 0 Å². The first-order valence-corrected chi connectivity index (χ1v) is 10.4. The molecule has 144 valence electrons. The van der Waals surface area contributed by atoms with Crippen LogP contribution in [0.25, 0.3) is 0 Å². The summed E-state index contributed by atoms with van der Waals surface area (Å²) in [6.07, 6.45) is 11.6. The molecular weight excluding hydrogens is 300 g/mol. The van der Waals surface area contributed by atoms with Crippen molar-refractivity contribution in [2.24, 2.45) is 11.3 Å². The van der Waals surface area contributed by atoms with Gasteiger partial charge in [-0.15, -0.1) is 0 Å². The number of hydrogen-bond acceptors (Lipinski definition) is 3. The van der Waals surface area contributed by atoms with E-state index in [1.807, 2.05) is 0 Å². The third kappa shape index (κ3) is 6.65. The molecule has 0 aromatic rings. The summed E-state index contributed by atoms with van der Waals surface area (Å²) in [5.74, 6) is -0.00237. The van der Waals surface area contributed by atoms with Gasteiger partial charge in [0.05, 0.1) is 13.2 Å². The summed E-state index contributed by atoms with van der Waals surface area (Å²) >= 11 is 0. The molecule has 1 fully saturated rings. The predicted molar refractivity (Wildman–Crippen MR) is 101 cm³/mol. The van der Waals surface area contributed by atoms with Gasteiger partial charge in [0, 0.05) is 24.5 Å². The molecule has 0 spiro atoms. The molecule has 1 heterocycles. The van der Waals surface area contributed by atoms with Crippen LogP contribution in [-0.4, -0.2) is 32.2 Å². The topological polar surface area (TPSA) is 27.7 Å². The minimum Gasteiger partial charge on any atom is -0.380 e. The van der Waals surface area contributed by atoms with Gasteiger partial charge in [0.2, 0.25) is 0 Å². The van der Waals surface area contributed by atoms with Crippen LogP contribution in [-0.2, 0) is 14.2 Å². The SMILES string of the molecule is CCCCCCCCC(CC1(CC)COC1)C(C)(OCC)OCC. The number of hydrogen-bond donors (Lipinski definition) is 0. The summed E-state index contributed by atoms with van der Waals surface area (Å²) in [5, 5.41) is 0. The molecule has 1 aliphatic heterocycles. The number of rotatable bonds is 15. The quantitative estimate of drug-likeness (QED) is 0.271. The summed E-state index contributed by atoms with van der Waals surface area (Å²) in [6.45, 7) is 14.1. The fraction of sp³-hybridized carbons (Fsp3) is 1.00. The maximum absolute atomic E-state index is 6.12. The van der Waals surface area contributed by atoms with E-state index in [1.165, 1.54) is 51.4 Å². The van der Waals surface area contributed by atoms with Gasteiger partial charge in [-0.2, -0.15) is 0 Å². The second-order valence-corrected chi connectivity index (χ2v) is 7.69. The molecule has 1 saturated heterocycles. The van der Waals surface area contributed by atoms with Crippen molar-refractivity contribution in [3.8, 4) is 0 Å². The fourth-order valence-electron chi connectivity index (χ4n) is 3.95. The molecule has 0 aromatic heterocycles. The van der Waals surface area contributed by atoms with E-state index in [0.29, 0.717) is 24.5 Å². The first-order chi connectivity index (χ1) is 11.6. The van der Waals surface area contributed by atoms with E-state index in [2.05, 4.69) is 34.6 Å². The summed E-state index contributed by atoms with van der Waals surface area (Å²) < 4.78 is 17.8. The number of unbranched alkanes of at least 4 members (excludes halogenated alkanes) is 5. The first kappa shape index (κ1) is 21.9. The second kappa shape index (κ2) is 11.5. The monoisotopic (exact) mass is 342 g/mol. The summed E-state index contributed by atoms with van der Waals surface area (Å²) in [4.78, 5) is 0. The van der Waals surface area contributed by atoms with Gasteiger partial charge in [0.25, 0.3) is 0 Å². The average molecular weight is 343 g/mol. The van der Waals surface area contributed by atoms with Gasteiger partial charge in [-0.05, 0) is 40.0 Å². The van der Waals surface area contributed by atoms with Crippen LogP contribution in [0.4, 0.5) is 0 Å². The van der Waals surface area contributed by atoms with Gasteiger partial charge in [-0.25, -0.2) is 0 Å². The summed E-state index contributed by atoms with van der Waals surface area (Å²) in [5.41, 5.74) is 0.350. The Labute approximate surface area is 150 Å². The highest BCUT2D eigenvalue weighted by molar-refractivity contribution is 4.90. The molecule has 0 aliphatic carbocycles. The van der Waals surface area contributed by atoms with Crippen molar-refractivity contribution < 1.29 is 14.2 Å². The molecule has 0 aromatic carbocycles. The third-order valence-corrected chi connectivity index (χ3v) is 5.76. The lowest BCUT2D eigenvalue weighted by Crippen LogP contribution is -2.49. The molecular formula is C21H42O3. The summed E-state index contributed by atoms with van der Waals surface area (Å²) in [7, 11) is 0. The smallest absolute Gasteiger partial charge is 0.168 e. The molecule has 3 heteroatoms. The van der Waals surface area contributed by atoms with Crippen LogP contribution in [0.15, 0.2) is 0 Å². The van der Waals surface area contributed by atoms with E-state index in [1.54, 1.807) is 0 Å². The summed E-state index contributed by atoms with van der Waals surface area (Å²) in [6, 6.07) is 0. The van der Waals surface area contributed by atoms with Crippen molar-refractivity contribution in [3.63, 3.8) is 0 Å². The fourth-order valence-corrected chi connectivity index (χ4v) is 3.95. The highest BCUT2D eigenvalue weighted by Gasteiger charge is 2.45. The van der Waals surface area contributed by atoms with Gasteiger partial charge in [0.15, 0.2) is 5.79 Å². The Kier molecular flexibility index (Phi) is 10.5. The zero-order valence-electron chi connectivity index (χ0n) is 17.0. The Hall–Kier alpha value is -0.120. The predicted octanol–water partition coefficient (Wildman–Crippen LogP) is 5.96. The van der Waals surface area contributed by atoms with Crippen LogP contribution in [0, 0.1) is 11.3 Å². The molecule has 0 bridgehead atoms. The van der Waals surface area contributed by atoms with E-state index >= 15 is 0 Å². The van der Waals surface area contributed by atoms with E-state index < -0.39 is 5.79 Å². The van der Waals surface area contributed by atoms with E-state index in [4.69, 9.17) is 14.2 Å². The highest BCUT2D eigenvalue weighted by atomic mass is 16.7. The van der Waals surface area contributed by atoms with Crippen LogP contribution in [0.2, 0.25) is 0 Å². The van der Waals surface area contributed by atoms with Crippen LogP contribution in [0.3, 0.4) is 0 Å². The molecule has 1 unspecified atom stereocenters. The van der Waals surface area contributed by atoms with E-state index in [9.17, 15) is 0 Å². The molecule has 0 N–H and O–H groups in total. The molecule has 0 saturated carbocycles. The van der Waals surface area contributed by atoms with Crippen LogP contribution < -0.4 is 0 Å². The molecule has 1 atom stereocenters. The molecule has 1 aliphatic rings. The molecule has 0 radical (unpaired) electrons. The van der Waals surface area contributed by atoms with Gasteiger partial charge < -0.3 is 14.2 Å². The second-order valence-electron chi connectivity index (χ2n) is 7.69. The van der Waals surface area contributed by atoms with Gasteiger partial charge in [0.1, 0.15) is 0 Å². The zero-order chi connectivity index (χ0) is 17.9. The molecule has 3 nitrogen and oxygen atoms in total. The third-order valence-electron chi connectivity index (χ3n) is 5.76. The first-order valence-electron chi connectivity index (χ1n) is 10.4. The Morgan fingerprint density at radius 3 is 1.96 bits per heavy atom. The lowest BCUT2D eigenvalue weighted by atomic mass is 9.72. The van der Waals surface area contributed by atoms with Crippen molar-refractivity contribution in [2.45, 2.75) is 98.2 Å². The molecule has 1 rings (SSSR count). The minimum atomic E-state index is -0.454. The van der Waals surface area contributed by atoms with Crippen molar-refractivity contribution >= 4 is 0 Å². The maximum Gasteiger partial charge on any atom is 0.168 e. The van der Waals surface area contributed by atoms with Gasteiger partial charge >= 0.3 is 0 Å². The van der Waals surface area contributed by atoms with Crippen molar-refractivity contribution in [1.82, 2.24) is 0 Å². The lowest BCUT2D eigenvalue weighted by molar-refractivity contribution is -0.265. The Morgan fingerprint density at radius 1 is 0.917 bits per heavy atom. The van der Waals surface area contributed by atoms with Crippen LogP contribution in [0.5, 0.6) is 0 Å². The largest absolute Gasteiger partial charge is 0.380 e. The average Bonchev–Trinajstić information content (AvgIpc) is 2.52. The van der Waals surface area contributed by atoms with Crippen molar-refractivity contribution in [1.29, 1.82) is 0 Å². The number of ether oxygens (including phenoxy) is 3. The van der Waals surface area contributed by atoms with E-state index in [0.717, 1.165) is 19.6 Å². The van der Waals surface area contributed by atoms with Crippen molar-refractivity contribution in [2.75, 3.05) is 26.4 Å². The Balaban J connectivity index is 2.63. The standard InChI is InChI=1S/C21H42O3/c1-6-10-11-12-13-14-15-19(16-21(7-2)17-22-18-21)20(5,23-8-3)24-9-4/h19H,6-18H2,1-5H3. The highest BCUT2D eigenvalue weighted by Crippen LogP contribution is 2.43. The normalized spacial score (nSPS) is 18.4.